The summed E-state index contributed by atoms with van der Waals surface area (Å²) in [6.45, 7) is 5.35. The van der Waals surface area contributed by atoms with E-state index in [-0.39, 0.29) is 0 Å². The fourth-order valence-corrected chi connectivity index (χ4v) is 1.85. The van der Waals surface area contributed by atoms with Crippen molar-refractivity contribution < 1.29 is 9.47 Å². The van der Waals surface area contributed by atoms with Crippen LogP contribution in [0.3, 0.4) is 0 Å². The Balaban J connectivity index is 1.87. The largest absolute Gasteiger partial charge is 0.489 e. The van der Waals surface area contributed by atoms with Crippen molar-refractivity contribution in [2.45, 2.75) is 6.61 Å². The fourth-order valence-electron chi connectivity index (χ4n) is 1.85. The SMILES string of the molecule is C=CCOC/C=C\c1cccc(OCc2ccccc2)c1. The number of rotatable bonds is 8. The molecule has 2 nitrogen and oxygen atoms in total. The predicted molar refractivity (Wildman–Crippen MR) is 87.3 cm³/mol. The van der Waals surface area contributed by atoms with Gasteiger partial charge in [-0.25, -0.2) is 0 Å². The first-order valence-corrected chi connectivity index (χ1v) is 7.00. The van der Waals surface area contributed by atoms with Gasteiger partial charge in [-0.3, -0.25) is 0 Å². The summed E-state index contributed by atoms with van der Waals surface area (Å²) in [5.41, 5.74) is 2.26. The van der Waals surface area contributed by atoms with E-state index in [0.717, 1.165) is 16.9 Å². The third-order valence-electron chi connectivity index (χ3n) is 2.87. The summed E-state index contributed by atoms with van der Waals surface area (Å²) >= 11 is 0. The highest BCUT2D eigenvalue weighted by Crippen LogP contribution is 2.16. The van der Waals surface area contributed by atoms with Gasteiger partial charge in [-0.05, 0) is 23.3 Å². The molecule has 0 aliphatic heterocycles. The summed E-state index contributed by atoms with van der Waals surface area (Å²) < 4.78 is 11.1. The van der Waals surface area contributed by atoms with Crippen molar-refractivity contribution in [3.63, 3.8) is 0 Å². The van der Waals surface area contributed by atoms with E-state index in [4.69, 9.17) is 9.47 Å². The zero-order chi connectivity index (χ0) is 14.8. The average Bonchev–Trinajstić information content (AvgIpc) is 2.54. The summed E-state index contributed by atoms with van der Waals surface area (Å²) in [6, 6.07) is 18.2. The summed E-state index contributed by atoms with van der Waals surface area (Å²) in [5, 5.41) is 0. The first kappa shape index (κ1) is 15.1. The van der Waals surface area contributed by atoms with Gasteiger partial charge in [0.25, 0.3) is 0 Å². The molecule has 108 valence electrons. The van der Waals surface area contributed by atoms with Crippen molar-refractivity contribution >= 4 is 6.08 Å². The van der Waals surface area contributed by atoms with Gasteiger partial charge in [0.15, 0.2) is 0 Å². The van der Waals surface area contributed by atoms with Crippen molar-refractivity contribution in [3.8, 4) is 5.75 Å². The van der Waals surface area contributed by atoms with E-state index in [2.05, 4.69) is 18.7 Å². The zero-order valence-corrected chi connectivity index (χ0v) is 12.1. The molecule has 0 aliphatic carbocycles. The highest BCUT2D eigenvalue weighted by atomic mass is 16.5. The second-order valence-electron chi connectivity index (χ2n) is 4.58. The first-order valence-electron chi connectivity index (χ1n) is 7.00. The van der Waals surface area contributed by atoms with E-state index < -0.39 is 0 Å². The summed E-state index contributed by atoms with van der Waals surface area (Å²) in [7, 11) is 0. The number of hydrogen-bond acceptors (Lipinski definition) is 2. The van der Waals surface area contributed by atoms with Crippen LogP contribution >= 0.6 is 0 Å². The summed E-state index contributed by atoms with van der Waals surface area (Å²) in [4.78, 5) is 0. The third kappa shape index (κ3) is 5.67. The molecule has 2 heteroatoms. The topological polar surface area (TPSA) is 18.5 Å². The molecule has 0 aliphatic rings. The van der Waals surface area contributed by atoms with Crippen molar-refractivity contribution in [3.05, 3.63) is 84.5 Å². The molecular formula is C19H20O2. The van der Waals surface area contributed by atoms with Crippen LogP contribution in [0.15, 0.2) is 73.3 Å². The molecule has 2 aromatic rings. The highest BCUT2D eigenvalue weighted by molar-refractivity contribution is 5.51. The predicted octanol–water partition coefficient (Wildman–Crippen LogP) is 4.48. The molecular weight excluding hydrogens is 260 g/mol. The standard InChI is InChI=1S/C19H20O2/c1-2-13-20-14-7-11-17-10-6-12-19(15-17)21-16-18-8-4-3-5-9-18/h2-12,15H,1,13-14,16H2/b11-7-. The van der Waals surface area contributed by atoms with Gasteiger partial charge >= 0.3 is 0 Å². The monoisotopic (exact) mass is 280 g/mol. The molecule has 0 spiro atoms. The Morgan fingerprint density at radius 3 is 2.62 bits per heavy atom. The zero-order valence-electron chi connectivity index (χ0n) is 12.1. The van der Waals surface area contributed by atoms with Gasteiger partial charge in [0.05, 0.1) is 13.2 Å². The molecule has 21 heavy (non-hydrogen) atoms. The van der Waals surface area contributed by atoms with E-state index in [1.54, 1.807) is 6.08 Å². The third-order valence-corrected chi connectivity index (χ3v) is 2.87. The van der Waals surface area contributed by atoms with Crippen LogP contribution in [-0.4, -0.2) is 13.2 Å². The molecule has 0 fully saturated rings. The second-order valence-corrected chi connectivity index (χ2v) is 4.58. The number of ether oxygens (including phenoxy) is 2. The summed E-state index contributed by atoms with van der Waals surface area (Å²) in [6.07, 6.45) is 5.75. The lowest BCUT2D eigenvalue weighted by atomic mass is 10.2. The Labute approximate surface area is 126 Å². The van der Waals surface area contributed by atoms with Gasteiger partial charge < -0.3 is 9.47 Å². The molecule has 0 heterocycles. The Morgan fingerprint density at radius 2 is 1.81 bits per heavy atom. The molecule has 0 bridgehead atoms. The lowest BCUT2D eigenvalue weighted by molar-refractivity contribution is 0.194. The van der Waals surface area contributed by atoms with Crippen molar-refractivity contribution in [1.82, 2.24) is 0 Å². The van der Waals surface area contributed by atoms with Crippen LogP contribution in [0, 0.1) is 0 Å². The molecule has 0 saturated carbocycles. The molecule has 0 atom stereocenters. The van der Waals surface area contributed by atoms with Crippen LogP contribution < -0.4 is 4.74 Å². The van der Waals surface area contributed by atoms with Gasteiger partial charge in [0.2, 0.25) is 0 Å². The molecule has 0 N–H and O–H groups in total. The molecule has 0 unspecified atom stereocenters. The van der Waals surface area contributed by atoms with E-state index in [0.29, 0.717) is 19.8 Å². The fraction of sp³-hybridized carbons (Fsp3) is 0.158. The lowest BCUT2D eigenvalue weighted by Gasteiger charge is -2.06. The van der Waals surface area contributed by atoms with E-state index in [1.165, 1.54) is 0 Å². The van der Waals surface area contributed by atoms with Crippen molar-refractivity contribution in [2.75, 3.05) is 13.2 Å². The van der Waals surface area contributed by atoms with Crippen LogP contribution in [0.25, 0.3) is 6.08 Å². The lowest BCUT2D eigenvalue weighted by Crippen LogP contribution is -1.95. The van der Waals surface area contributed by atoms with Gasteiger partial charge in [0, 0.05) is 0 Å². The minimum Gasteiger partial charge on any atom is -0.489 e. The average molecular weight is 280 g/mol. The molecule has 2 aromatic carbocycles. The van der Waals surface area contributed by atoms with Gasteiger partial charge in [-0.1, -0.05) is 60.7 Å². The van der Waals surface area contributed by atoms with E-state index in [9.17, 15) is 0 Å². The Hall–Kier alpha value is -2.32. The number of benzene rings is 2. The van der Waals surface area contributed by atoms with Gasteiger partial charge in [0.1, 0.15) is 12.4 Å². The molecule has 0 amide bonds. The van der Waals surface area contributed by atoms with Crippen LogP contribution in [0.4, 0.5) is 0 Å². The van der Waals surface area contributed by atoms with E-state index >= 15 is 0 Å². The quantitative estimate of drug-likeness (QED) is 0.524. The van der Waals surface area contributed by atoms with Crippen LogP contribution in [0.1, 0.15) is 11.1 Å². The van der Waals surface area contributed by atoms with Crippen LogP contribution in [0.5, 0.6) is 5.75 Å². The normalized spacial score (nSPS) is 10.7. The Kier molecular flexibility index (Phi) is 6.30. The van der Waals surface area contributed by atoms with Crippen molar-refractivity contribution in [2.24, 2.45) is 0 Å². The smallest absolute Gasteiger partial charge is 0.120 e. The van der Waals surface area contributed by atoms with Gasteiger partial charge in [-0.15, -0.1) is 6.58 Å². The summed E-state index contributed by atoms with van der Waals surface area (Å²) in [5.74, 6) is 0.869. The molecule has 0 aromatic heterocycles. The molecule has 2 rings (SSSR count). The molecule has 0 radical (unpaired) electrons. The maximum Gasteiger partial charge on any atom is 0.120 e. The van der Waals surface area contributed by atoms with Crippen molar-refractivity contribution in [1.29, 1.82) is 0 Å². The second kappa shape index (κ2) is 8.77. The van der Waals surface area contributed by atoms with Crippen LogP contribution in [-0.2, 0) is 11.3 Å². The van der Waals surface area contributed by atoms with Gasteiger partial charge in [-0.2, -0.15) is 0 Å². The highest BCUT2D eigenvalue weighted by Gasteiger charge is 1.96. The Bertz CT molecular complexity index is 573. The number of hydrogen-bond donors (Lipinski definition) is 0. The minimum absolute atomic E-state index is 0.574. The van der Waals surface area contributed by atoms with Crippen LogP contribution in [0.2, 0.25) is 0 Å². The maximum atomic E-state index is 5.80. The minimum atomic E-state index is 0.574. The maximum absolute atomic E-state index is 5.80. The van der Waals surface area contributed by atoms with E-state index in [1.807, 2.05) is 54.6 Å². The molecule has 0 saturated heterocycles. The Morgan fingerprint density at radius 1 is 0.952 bits per heavy atom. The first-order chi connectivity index (χ1) is 10.4.